The molecule has 6 nitrogen and oxygen atoms in total. The fraction of sp³-hybridized carbons (Fsp3) is 0.300. The zero-order chi connectivity index (χ0) is 19.5. The number of anilines is 2. The smallest absolute Gasteiger partial charge is 0.258 e. The van der Waals surface area contributed by atoms with Crippen molar-refractivity contribution in [3.63, 3.8) is 0 Å². The summed E-state index contributed by atoms with van der Waals surface area (Å²) < 4.78 is 0.883. The van der Waals surface area contributed by atoms with E-state index in [0.717, 1.165) is 35.9 Å². The third-order valence-corrected chi connectivity index (χ3v) is 6.09. The Morgan fingerprint density at radius 2 is 1.93 bits per heavy atom. The lowest BCUT2D eigenvalue weighted by molar-refractivity contribution is -0.120. The van der Waals surface area contributed by atoms with Gasteiger partial charge in [-0.3, -0.25) is 9.59 Å². The number of rotatable bonds is 4. The van der Waals surface area contributed by atoms with Gasteiger partial charge in [-0.15, -0.1) is 0 Å². The quantitative estimate of drug-likeness (QED) is 0.580. The van der Waals surface area contributed by atoms with Crippen LogP contribution >= 0.6 is 22.9 Å². The first kappa shape index (κ1) is 18.8. The molecule has 3 aromatic rings. The van der Waals surface area contributed by atoms with Crippen molar-refractivity contribution in [1.29, 1.82) is 0 Å². The van der Waals surface area contributed by atoms with Gasteiger partial charge in [0, 0.05) is 17.8 Å². The van der Waals surface area contributed by atoms with Gasteiger partial charge in [-0.1, -0.05) is 42.2 Å². The summed E-state index contributed by atoms with van der Waals surface area (Å²) >= 11 is 7.37. The molecular weight excluding hydrogens is 396 g/mol. The number of hydrogen-bond acceptors (Lipinski definition) is 5. The van der Waals surface area contributed by atoms with Crippen LogP contribution < -0.4 is 10.6 Å². The number of pyridine rings is 1. The Kier molecular flexibility index (Phi) is 5.54. The number of hydrogen-bond donors (Lipinski definition) is 2. The van der Waals surface area contributed by atoms with Crippen molar-refractivity contribution in [3.05, 3.63) is 47.2 Å². The van der Waals surface area contributed by atoms with Crippen molar-refractivity contribution in [2.24, 2.45) is 5.92 Å². The monoisotopic (exact) mass is 414 g/mol. The number of carbonyl (C=O) groups excluding carboxylic acids is 2. The average Bonchev–Trinajstić information content (AvgIpc) is 3.10. The fourth-order valence-electron chi connectivity index (χ4n) is 3.38. The predicted molar refractivity (Wildman–Crippen MR) is 112 cm³/mol. The number of nitrogens with one attached hydrogen (secondary N) is 2. The van der Waals surface area contributed by atoms with Gasteiger partial charge in [0.1, 0.15) is 5.15 Å². The molecule has 0 unspecified atom stereocenters. The molecule has 0 spiro atoms. The van der Waals surface area contributed by atoms with E-state index >= 15 is 0 Å². The number of nitrogens with zero attached hydrogens (tertiary/aromatic N) is 2. The van der Waals surface area contributed by atoms with Crippen LogP contribution in [0.25, 0.3) is 10.2 Å². The van der Waals surface area contributed by atoms with E-state index in [9.17, 15) is 9.59 Å². The second-order valence-corrected chi connectivity index (χ2v) is 8.21. The number of fused-ring (bicyclic) bond motifs is 1. The molecule has 144 valence electrons. The van der Waals surface area contributed by atoms with Crippen molar-refractivity contribution in [1.82, 2.24) is 9.97 Å². The van der Waals surface area contributed by atoms with Crippen molar-refractivity contribution in [3.8, 4) is 0 Å². The Morgan fingerprint density at radius 1 is 1.11 bits per heavy atom. The molecule has 0 saturated heterocycles. The van der Waals surface area contributed by atoms with E-state index in [1.54, 1.807) is 18.2 Å². The van der Waals surface area contributed by atoms with E-state index in [-0.39, 0.29) is 22.9 Å². The van der Waals surface area contributed by atoms with Gasteiger partial charge in [0.25, 0.3) is 5.91 Å². The molecule has 0 atom stereocenters. The fourth-order valence-corrected chi connectivity index (χ4v) is 4.50. The molecule has 8 heteroatoms. The third-order valence-electron chi connectivity index (χ3n) is 4.86. The Morgan fingerprint density at radius 3 is 2.71 bits per heavy atom. The minimum atomic E-state index is -0.326. The lowest BCUT2D eigenvalue weighted by Crippen LogP contribution is -2.24. The number of carbonyl (C=O) groups is 2. The average molecular weight is 415 g/mol. The number of aromatic nitrogens is 2. The minimum absolute atomic E-state index is 0.0542. The summed E-state index contributed by atoms with van der Waals surface area (Å²) in [5.74, 6) is -0.189. The highest BCUT2D eigenvalue weighted by atomic mass is 35.5. The summed E-state index contributed by atoms with van der Waals surface area (Å²) in [6.45, 7) is 0. The van der Waals surface area contributed by atoms with Gasteiger partial charge in [-0.2, -0.15) is 0 Å². The van der Waals surface area contributed by atoms with Crippen LogP contribution in [-0.4, -0.2) is 21.8 Å². The van der Waals surface area contributed by atoms with Crippen LogP contribution in [0.1, 0.15) is 42.5 Å². The van der Waals surface area contributed by atoms with Crippen LogP contribution in [0, 0.1) is 5.92 Å². The topological polar surface area (TPSA) is 84.0 Å². The van der Waals surface area contributed by atoms with E-state index in [4.69, 9.17) is 11.6 Å². The molecule has 1 fully saturated rings. The Balaban J connectivity index is 1.48. The molecule has 0 aliphatic heterocycles. The summed E-state index contributed by atoms with van der Waals surface area (Å²) in [5.41, 5.74) is 1.72. The van der Waals surface area contributed by atoms with Gasteiger partial charge in [-0.25, -0.2) is 9.97 Å². The lowest BCUT2D eigenvalue weighted by Gasteiger charge is -2.19. The second-order valence-electron chi connectivity index (χ2n) is 6.82. The maximum atomic E-state index is 12.4. The molecule has 0 radical (unpaired) electrons. The maximum absolute atomic E-state index is 12.4. The summed E-state index contributed by atoms with van der Waals surface area (Å²) in [4.78, 5) is 33.2. The van der Waals surface area contributed by atoms with E-state index in [2.05, 4.69) is 20.6 Å². The number of benzene rings is 1. The third kappa shape index (κ3) is 4.15. The van der Waals surface area contributed by atoms with Crippen molar-refractivity contribution in [2.45, 2.75) is 32.1 Å². The van der Waals surface area contributed by atoms with Crippen LogP contribution in [0.15, 0.2) is 36.5 Å². The molecule has 28 heavy (non-hydrogen) atoms. The number of amides is 2. The number of halogens is 1. The molecule has 1 aliphatic rings. The molecule has 1 saturated carbocycles. The van der Waals surface area contributed by atoms with Gasteiger partial charge in [0.2, 0.25) is 5.91 Å². The van der Waals surface area contributed by atoms with E-state index in [1.165, 1.54) is 24.0 Å². The van der Waals surface area contributed by atoms with Crippen molar-refractivity contribution < 1.29 is 9.59 Å². The standard InChI is InChI=1S/C20H19ClN4O2S/c21-17-14(7-4-10-22-17)19(27)23-13-8-9-15-16(11-13)28-20(24-15)25-18(26)12-5-2-1-3-6-12/h4,7-12H,1-3,5-6H2,(H,23,27)(H,24,25,26). The molecule has 2 N–H and O–H groups in total. The maximum Gasteiger partial charge on any atom is 0.258 e. The van der Waals surface area contributed by atoms with Gasteiger partial charge in [0.15, 0.2) is 5.13 Å². The highest BCUT2D eigenvalue weighted by Gasteiger charge is 2.22. The predicted octanol–water partition coefficient (Wildman–Crippen LogP) is 5.12. The number of thiazole rings is 1. The molecule has 4 rings (SSSR count). The second kappa shape index (κ2) is 8.24. The zero-order valence-electron chi connectivity index (χ0n) is 15.1. The molecule has 1 aliphatic carbocycles. The zero-order valence-corrected chi connectivity index (χ0v) is 16.6. The Bertz CT molecular complexity index is 1030. The van der Waals surface area contributed by atoms with Gasteiger partial charge in [-0.05, 0) is 43.2 Å². The van der Waals surface area contributed by atoms with Crippen LogP contribution in [0.2, 0.25) is 5.15 Å². The molecule has 1 aromatic carbocycles. The largest absolute Gasteiger partial charge is 0.322 e. The highest BCUT2D eigenvalue weighted by Crippen LogP contribution is 2.30. The summed E-state index contributed by atoms with van der Waals surface area (Å²) in [5, 5.41) is 6.52. The Hall–Kier alpha value is -2.51. The van der Waals surface area contributed by atoms with Crippen LogP contribution in [0.4, 0.5) is 10.8 Å². The van der Waals surface area contributed by atoms with E-state index < -0.39 is 0 Å². The first-order chi connectivity index (χ1) is 13.6. The Labute approximate surface area is 171 Å². The summed E-state index contributed by atoms with van der Waals surface area (Å²) in [6, 6.07) is 8.72. The summed E-state index contributed by atoms with van der Waals surface area (Å²) in [7, 11) is 0. The van der Waals surface area contributed by atoms with Crippen LogP contribution in [0.3, 0.4) is 0 Å². The first-order valence-corrected chi connectivity index (χ1v) is 10.4. The van der Waals surface area contributed by atoms with E-state index in [1.807, 2.05) is 12.1 Å². The van der Waals surface area contributed by atoms with Gasteiger partial charge < -0.3 is 10.6 Å². The SMILES string of the molecule is O=C(Nc1ccc2nc(NC(=O)C3CCCCC3)sc2c1)c1cccnc1Cl. The molecule has 2 aromatic heterocycles. The van der Waals surface area contributed by atoms with Gasteiger partial charge in [0.05, 0.1) is 15.8 Å². The van der Waals surface area contributed by atoms with Gasteiger partial charge >= 0.3 is 0 Å². The minimum Gasteiger partial charge on any atom is -0.322 e. The normalized spacial score (nSPS) is 14.8. The molecule has 0 bridgehead atoms. The van der Waals surface area contributed by atoms with Crippen LogP contribution in [-0.2, 0) is 4.79 Å². The van der Waals surface area contributed by atoms with E-state index in [0.29, 0.717) is 16.4 Å². The van der Waals surface area contributed by atoms with Crippen LogP contribution in [0.5, 0.6) is 0 Å². The first-order valence-electron chi connectivity index (χ1n) is 9.23. The summed E-state index contributed by atoms with van der Waals surface area (Å²) in [6.07, 6.45) is 6.87. The van der Waals surface area contributed by atoms with Crippen molar-refractivity contribution in [2.75, 3.05) is 10.6 Å². The highest BCUT2D eigenvalue weighted by molar-refractivity contribution is 7.22. The molecular formula is C20H19ClN4O2S. The van der Waals surface area contributed by atoms with Crippen molar-refractivity contribution >= 4 is 55.8 Å². The molecule has 2 amide bonds. The molecule has 2 heterocycles. The lowest BCUT2D eigenvalue weighted by atomic mass is 9.89.